The van der Waals surface area contributed by atoms with Crippen LogP contribution in [0.4, 0.5) is 5.13 Å². The molecule has 0 atom stereocenters. The van der Waals surface area contributed by atoms with Crippen LogP contribution in [0.2, 0.25) is 0 Å². The summed E-state index contributed by atoms with van der Waals surface area (Å²) in [5.74, 6) is -0.587. The summed E-state index contributed by atoms with van der Waals surface area (Å²) < 4.78 is 5.34. The van der Waals surface area contributed by atoms with E-state index in [1.807, 2.05) is 0 Å². The number of rotatable bonds is 8. The molecule has 7 heteroatoms. The zero-order valence-corrected chi connectivity index (χ0v) is 17.3. The Labute approximate surface area is 171 Å². The molecule has 2 fully saturated rings. The van der Waals surface area contributed by atoms with Crippen LogP contribution in [-0.2, 0) is 9.53 Å². The van der Waals surface area contributed by atoms with E-state index >= 15 is 0 Å². The number of nitrogens with zero attached hydrogens (tertiary/aromatic N) is 2. The number of nitrogens with one attached hydrogen (secondary N) is 1. The van der Waals surface area contributed by atoms with Crippen LogP contribution in [-0.4, -0.2) is 47.0 Å². The van der Waals surface area contributed by atoms with Gasteiger partial charge in [-0.3, -0.25) is 4.79 Å². The van der Waals surface area contributed by atoms with E-state index in [1.165, 1.54) is 49.9 Å². The van der Waals surface area contributed by atoms with E-state index in [4.69, 9.17) is 4.74 Å². The Bertz CT molecular complexity index is 646. The lowest BCUT2D eigenvalue weighted by Gasteiger charge is -2.41. The molecule has 1 aromatic rings. The van der Waals surface area contributed by atoms with Gasteiger partial charge in [-0.2, -0.15) is 0 Å². The molecule has 6 nitrogen and oxygen atoms in total. The molecule has 0 bridgehead atoms. The van der Waals surface area contributed by atoms with Crippen molar-refractivity contribution in [2.45, 2.75) is 76.3 Å². The molecule has 154 valence electrons. The number of ether oxygens (including phenoxy) is 1. The molecular weight excluding hydrogens is 374 g/mol. The monoisotopic (exact) mass is 405 g/mol. The minimum Gasteiger partial charge on any atom is -0.451 e. The molecule has 28 heavy (non-hydrogen) atoms. The van der Waals surface area contributed by atoms with E-state index in [1.54, 1.807) is 11.5 Å². The van der Waals surface area contributed by atoms with Crippen LogP contribution < -0.4 is 5.32 Å². The van der Waals surface area contributed by atoms with Gasteiger partial charge in [-0.05, 0) is 25.7 Å². The molecule has 0 radical (unpaired) electrons. The van der Waals surface area contributed by atoms with Gasteiger partial charge >= 0.3 is 5.97 Å². The highest BCUT2D eigenvalue weighted by Crippen LogP contribution is 2.30. The quantitative estimate of drug-likeness (QED) is 0.513. The molecule has 0 spiro atoms. The van der Waals surface area contributed by atoms with Crippen molar-refractivity contribution in [3.63, 3.8) is 0 Å². The van der Waals surface area contributed by atoms with Crippen LogP contribution >= 0.6 is 11.3 Å². The van der Waals surface area contributed by atoms with Gasteiger partial charge in [-0.15, -0.1) is 17.9 Å². The molecule has 0 aromatic carbocycles. The minimum absolute atomic E-state index is 0.0487. The fourth-order valence-electron chi connectivity index (χ4n) is 4.31. The minimum atomic E-state index is -0.538. The normalized spacial score (nSPS) is 18.4. The van der Waals surface area contributed by atoms with Gasteiger partial charge in [0, 0.05) is 24.0 Å². The fourth-order valence-corrected chi connectivity index (χ4v) is 5.00. The highest BCUT2D eigenvalue weighted by atomic mass is 32.1. The number of hydrogen-bond acceptors (Lipinski definition) is 6. The number of carbonyl (C=O) groups is 2. The zero-order chi connectivity index (χ0) is 19.8. The molecule has 0 saturated heterocycles. The summed E-state index contributed by atoms with van der Waals surface area (Å²) in [4.78, 5) is 31.6. The van der Waals surface area contributed by atoms with Crippen molar-refractivity contribution in [2.75, 3.05) is 18.5 Å². The maximum atomic E-state index is 13.0. The van der Waals surface area contributed by atoms with Crippen LogP contribution in [0.25, 0.3) is 0 Å². The van der Waals surface area contributed by atoms with E-state index in [-0.39, 0.29) is 18.2 Å². The van der Waals surface area contributed by atoms with E-state index < -0.39 is 5.97 Å². The predicted octanol–water partition coefficient (Wildman–Crippen LogP) is 4.39. The Hall–Kier alpha value is -1.89. The van der Waals surface area contributed by atoms with Gasteiger partial charge in [0.05, 0.1) is 0 Å². The summed E-state index contributed by atoms with van der Waals surface area (Å²) in [7, 11) is 0. The van der Waals surface area contributed by atoms with Gasteiger partial charge in [0.25, 0.3) is 5.91 Å². The second kappa shape index (κ2) is 10.6. The maximum Gasteiger partial charge on any atom is 0.358 e. The van der Waals surface area contributed by atoms with Crippen LogP contribution in [0.3, 0.4) is 0 Å². The Balaban J connectivity index is 1.58. The van der Waals surface area contributed by atoms with Crippen molar-refractivity contribution in [3.05, 3.63) is 23.7 Å². The molecule has 0 unspecified atom stereocenters. The first kappa shape index (κ1) is 20.8. The Kier molecular flexibility index (Phi) is 7.89. The van der Waals surface area contributed by atoms with Crippen molar-refractivity contribution in [3.8, 4) is 0 Å². The summed E-state index contributed by atoms with van der Waals surface area (Å²) in [6.45, 7) is 4.03. The van der Waals surface area contributed by atoms with Gasteiger partial charge < -0.3 is 15.0 Å². The number of aromatic nitrogens is 1. The summed E-state index contributed by atoms with van der Waals surface area (Å²) in [6, 6.07) is 0.606. The lowest BCUT2D eigenvalue weighted by Crippen LogP contribution is -2.50. The average Bonchev–Trinajstić information content (AvgIpc) is 3.21. The lowest BCUT2D eigenvalue weighted by molar-refractivity contribution is -0.141. The summed E-state index contributed by atoms with van der Waals surface area (Å²) in [6.07, 6.45) is 13.2. The Morgan fingerprint density at radius 3 is 2.32 bits per heavy atom. The first-order valence-electron chi connectivity index (χ1n) is 10.5. The summed E-state index contributed by atoms with van der Waals surface area (Å²) in [5, 5.41) is 5.34. The van der Waals surface area contributed by atoms with Gasteiger partial charge in [-0.25, -0.2) is 9.78 Å². The molecule has 1 N–H and O–H groups in total. The smallest absolute Gasteiger partial charge is 0.358 e. The molecule has 3 rings (SSSR count). The second-order valence-corrected chi connectivity index (χ2v) is 8.53. The molecule has 2 aliphatic carbocycles. The average molecular weight is 406 g/mol. The van der Waals surface area contributed by atoms with E-state index in [9.17, 15) is 9.59 Å². The van der Waals surface area contributed by atoms with Crippen LogP contribution in [0.15, 0.2) is 18.0 Å². The third kappa shape index (κ3) is 5.56. The molecule has 2 saturated carbocycles. The third-order valence-corrected chi connectivity index (χ3v) is 6.46. The van der Waals surface area contributed by atoms with Gasteiger partial charge in [0.2, 0.25) is 0 Å². The number of amides is 1. The molecular formula is C21H31N3O3S. The zero-order valence-electron chi connectivity index (χ0n) is 16.5. The second-order valence-electron chi connectivity index (χ2n) is 7.67. The first-order valence-corrected chi connectivity index (χ1v) is 11.4. The number of anilines is 1. The lowest BCUT2D eigenvalue weighted by atomic mass is 9.88. The third-order valence-electron chi connectivity index (χ3n) is 5.66. The highest BCUT2D eigenvalue weighted by molar-refractivity contribution is 7.13. The first-order chi connectivity index (χ1) is 13.7. The number of hydrogen-bond donors (Lipinski definition) is 1. The van der Waals surface area contributed by atoms with E-state index in [0.29, 0.717) is 23.8 Å². The van der Waals surface area contributed by atoms with Crippen LogP contribution in [0.5, 0.6) is 0 Å². The fraction of sp³-hybridized carbons (Fsp3) is 0.667. The molecule has 1 aromatic heterocycles. The van der Waals surface area contributed by atoms with Crippen molar-refractivity contribution in [1.29, 1.82) is 0 Å². The maximum absolute atomic E-state index is 13.0. The predicted molar refractivity (Wildman–Crippen MR) is 112 cm³/mol. The molecule has 1 heterocycles. The Morgan fingerprint density at radius 2 is 1.75 bits per heavy atom. The number of thiazole rings is 1. The SMILES string of the molecule is C=CCNc1nc(C(=O)OCC(=O)N(C2CCCCC2)C2CCCCC2)cs1. The summed E-state index contributed by atoms with van der Waals surface area (Å²) >= 11 is 1.34. The molecule has 2 aliphatic rings. The van der Waals surface area contributed by atoms with Crippen molar-refractivity contribution >= 4 is 28.3 Å². The number of esters is 1. The highest BCUT2D eigenvalue weighted by Gasteiger charge is 2.33. The number of carbonyl (C=O) groups excluding carboxylic acids is 2. The van der Waals surface area contributed by atoms with Crippen LogP contribution in [0.1, 0.15) is 74.7 Å². The topological polar surface area (TPSA) is 71.5 Å². The van der Waals surface area contributed by atoms with Crippen molar-refractivity contribution in [1.82, 2.24) is 9.88 Å². The van der Waals surface area contributed by atoms with Gasteiger partial charge in [0.15, 0.2) is 17.4 Å². The van der Waals surface area contributed by atoms with E-state index in [0.717, 1.165) is 25.7 Å². The van der Waals surface area contributed by atoms with Gasteiger partial charge in [-0.1, -0.05) is 44.6 Å². The van der Waals surface area contributed by atoms with Gasteiger partial charge in [0.1, 0.15) is 0 Å². The molecule has 1 amide bonds. The largest absolute Gasteiger partial charge is 0.451 e. The standard InChI is InChI=1S/C21H31N3O3S/c1-2-13-22-21-23-18(15-28-21)20(26)27-14-19(25)24(16-9-5-3-6-10-16)17-11-7-4-8-12-17/h2,15-17H,1,3-14H2,(H,22,23). The Morgan fingerprint density at radius 1 is 1.14 bits per heavy atom. The molecule has 0 aliphatic heterocycles. The van der Waals surface area contributed by atoms with Crippen molar-refractivity contribution < 1.29 is 14.3 Å². The summed E-state index contributed by atoms with van der Waals surface area (Å²) in [5.41, 5.74) is 0.242. The van der Waals surface area contributed by atoms with E-state index in [2.05, 4.69) is 21.8 Å². The van der Waals surface area contributed by atoms with Crippen molar-refractivity contribution in [2.24, 2.45) is 0 Å². The van der Waals surface area contributed by atoms with Crippen LogP contribution in [0, 0.1) is 0 Å².